The van der Waals surface area contributed by atoms with Gasteiger partial charge in [0.25, 0.3) is 0 Å². The molecule has 0 bridgehead atoms. The third-order valence-electron chi connectivity index (χ3n) is 2.84. The van der Waals surface area contributed by atoms with E-state index in [1.807, 2.05) is 0 Å². The van der Waals surface area contributed by atoms with E-state index in [-0.39, 0.29) is 0 Å². The minimum atomic E-state index is 0.443. The molecule has 2 nitrogen and oxygen atoms in total. The van der Waals surface area contributed by atoms with Gasteiger partial charge in [0.05, 0.1) is 0 Å². The summed E-state index contributed by atoms with van der Waals surface area (Å²) < 4.78 is 1.12. The molecule has 0 spiro atoms. The van der Waals surface area contributed by atoms with Crippen LogP contribution in [-0.2, 0) is 0 Å². The van der Waals surface area contributed by atoms with Gasteiger partial charge >= 0.3 is 0 Å². The van der Waals surface area contributed by atoms with Crippen LogP contribution in [0.5, 0.6) is 0 Å². The Kier molecular flexibility index (Phi) is 3.32. The second kappa shape index (κ2) is 4.54. The summed E-state index contributed by atoms with van der Waals surface area (Å²) in [4.78, 5) is 0. The van der Waals surface area contributed by atoms with E-state index in [1.54, 1.807) is 0 Å². The van der Waals surface area contributed by atoms with Crippen LogP contribution in [0.3, 0.4) is 0 Å². The smallest absolute Gasteiger partial charge is 0.0411 e. The van der Waals surface area contributed by atoms with Gasteiger partial charge in [-0.05, 0) is 49.4 Å². The first kappa shape index (κ1) is 11.0. The van der Waals surface area contributed by atoms with Crippen LogP contribution in [0.2, 0.25) is 0 Å². The number of aryl methyl sites for hydroxylation is 1. The van der Waals surface area contributed by atoms with Crippen molar-refractivity contribution in [2.45, 2.75) is 25.8 Å². The number of rotatable bonds is 4. The van der Waals surface area contributed by atoms with Crippen molar-refractivity contribution in [2.75, 3.05) is 11.9 Å². The molecule has 1 aliphatic carbocycles. The van der Waals surface area contributed by atoms with Crippen molar-refractivity contribution < 1.29 is 0 Å². The van der Waals surface area contributed by atoms with Crippen LogP contribution in [0.1, 0.15) is 18.4 Å². The largest absolute Gasteiger partial charge is 0.381 e. The Morgan fingerprint density at radius 1 is 1.47 bits per heavy atom. The topological polar surface area (TPSA) is 38.0 Å². The molecule has 2 rings (SSSR count). The predicted octanol–water partition coefficient (Wildman–Crippen LogP) is 2.91. The molecule has 1 aliphatic rings. The molecule has 3 heteroatoms. The van der Waals surface area contributed by atoms with Crippen LogP contribution in [0.15, 0.2) is 22.7 Å². The highest BCUT2D eigenvalue weighted by Crippen LogP contribution is 2.34. The first-order valence-corrected chi connectivity index (χ1v) is 6.22. The fourth-order valence-corrected chi connectivity index (χ4v) is 2.51. The molecule has 3 N–H and O–H groups in total. The Morgan fingerprint density at radius 2 is 2.20 bits per heavy atom. The van der Waals surface area contributed by atoms with Crippen molar-refractivity contribution >= 4 is 21.6 Å². The zero-order valence-corrected chi connectivity index (χ0v) is 10.5. The van der Waals surface area contributed by atoms with Gasteiger partial charge in [-0.2, -0.15) is 0 Å². The molecule has 1 unspecified atom stereocenters. The fraction of sp³-hybridized carbons (Fsp3) is 0.500. The molecule has 15 heavy (non-hydrogen) atoms. The average molecular weight is 269 g/mol. The summed E-state index contributed by atoms with van der Waals surface area (Å²) in [6.07, 6.45) is 2.64. The summed E-state index contributed by atoms with van der Waals surface area (Å²) in [5.74, 6) is 0.786. The van der Waals surface area contributed by atoms with E-state index >= 15 is 0 Å². The molecule has 0 saturated heterocycles. The van der Waals surface area contributed by atoms with Crippen molar-refractivity contribution in [3.63, 3.8) is 0 Å². The molecule has 0 aromatic heterocycles. The second-order valence-electron chi connectivity index (χ2n) is 4.34. The maximum absolute atomic E-state index is 5.76. The minimum absolute atomic E-state index is 0.443. The van der Waals surface area contributed by atoms with E-state index in [0.29, 0.717) is 6.04 Å². The predicted molar refractivity (Wildman–Crippen MR) is 68.1 cm³/mol. The number of nitrogens with two attached hydrogens (primary N) is 1. The van der Waals surface area contributed by atoms with Crippen molar-refractivity contribution in [1.29, 1.82) is 0 Å². The van der Waals surface area contributed by atoms with Crippen molar-refractivity contribution in [1.82, 2.24) is 0 Å². The molecule has 0 heterocycles. The summed E-state index contributed by atoms with van der Waals surface area (Å²) in [6.45, 7) is 2.82. The van der Waals surface area contributed by atoms with E-state index in [0.717, 1.165) is 16.9 Å². The Bertz CT molecular complexity index is 327. The first-order valence-electron chi connectivity index (χ1n) is 5.43. The van der Waals surface area contributed by atoms with Gasteiger partial charge in [-0.25, -0.2) is 0 Å². The number of halogens is 1. The molecule has 0 radical (unpaired) electrons. The standard InChI is InChI=1S/C12H17BrN2/c1-8-4-10(13)6-11(5-8)15-12(7-14)9-2-3-9/h4-6,9,12,15H,2-3,7,14H2,1H3. The number of hydrogen-bond acceptors (Lipinski definition) is 2. The lowest BCUT2D eigenvalue weighted by Crippen LogP contribution is -2.30. The summed E-state index contributed by atoms with van der Waals surface area (Å²) in [5, 5.41) is 3.52. The minimum Gasteiger partial charge on any atom is -0.381 e. The molecule has 1 fully saturated rings. The number of benzene rings is 1. The monoisotopic (exact) mass is 268 g/mol. The van der Waals surface area contributed by atoms with Crippen LogP contribution < -0.4 is 11.1 Å². The number of hydrogen-bond donors (Lipinski definition) is 2. The van der Waals surface area contributed by atoms with E-state index in [4.69, 9.17) is 5.73 Å². The van der Waals surface area contributed by atoms with E-state index in [9.17, 15) is 0 Å². The van der Waals surface area contributed by atoms with Gasteiger partial charge < -0.3 is 11.1 Å². The van der Waals surface area contributed by atoms with E-state index in [2.05, 4.69) is 46.4 Å². The summed E-state index contributed by atoms with van der Waals surface area (Å²) >= 11 is 3.51. The third kappa shape index (κ3) is 2.95. The second-order valence-corrected chi connectivity index (χ2v) is 5.26. The Labute approximate surface area is 99.4 Å². The highest BCUT2D eigenvalue weighted by atomic mass is 79.9. The van der Waals surface area contributed by atoms with Gasteiger partial charge in [0.15, 0.2) is 0 Å². The van der Waals surface area contributed by atoms with Crippen LogP contribution in [0.25, 0.3) is 0 Å². The molecule has 1 atom stereocenters. The average Bonchev–Trinajstić information content (AvgIpc) is 2.95. The van der Waals surface area contributed by atoms with Crippen LogP contribution >= 0.6 is 15.9 Å². The zero-order valence-electron chi connectivity index (χ0n) is 8.96. The molecule has 1 aromatic rings. The molecular weight excluding hydrogens is 252 g/mol. The zero-order chi connectivity index (χ0) is 10.8. The SMILES string of the molecule is Cc1cc(Br)cc(NC(CN)C2CC2)c1. The third-order valence-corrected chi connectivity index (χ3v) is 3.30. The number of anilines is 1. The van der Waals surface area contributed by atoms with Crippen LogP contribution in [0, 0.1) is 12.8 Å². The lowest BCUT2D eigenvalue weighted by Gasteiger charge is -2.18. The normalized spacial score (nSPS) is 17.5. The van der Waals surface area contributed by atoms with Gasteiger partial charge in [0.1, 0.15) is 0 Å². The van der Waals surface area contributed by atoms with Gasteiger partial charge in [0.2, 0.25) is 0 Å². The lowest BCUT2D eigenvalue weighted by atomic mass is 10.1. The summed E-state index contributed by atoms with van der Waals surface area (Å²) in [6, 6.07) is 6.83. The van der Waals surface area contributed by atoms with Gasteiger partial charge in [-0.1, -0.05) is 15.9 Å². The van der Waals surface area contributed by atoms with Crippen molar-refractivity contribution in [3.8, 4) is 0 Å². The summed E-state index contributed by atoms with van der Waals surface area (Å²) in [7, 11) is 0. The van der Waals surface area contributed by atoms with Gasteiger partial charge in [0, 0.05) is 22.7 Å². The quantitative estimate of drug-likeness (QED) is 0.882. The lowest BCUT2D eigenvalue weighted by molar-refractivity contribution is 0.645. The van der Waals surface area contributed by atoms with Crippen LogP contribution in [-0.4, -0.2) is 12.6 Å². The molecular formula is C12H17BrN2. The molecule has 0 aliphatic heterocycles. The highest BCUT2D eigenvalue weighted by molar-refractivity contribution is 9.10. The van der Waals surface area contributed by atoms with E-state index in [1.165, 1.54) is 24.1 Å². The first-order chi connectivity index (χ1) is 7.19. The maximum Gasteiger partial charge on any atom is 0.0411 e. The van der Waals surface area contributed by atoms with Crippen LogP contribution in [0.4, 0.5) is 5.69 Å². The molecule has 82 valence electrons. The van der Waals surface area contributed by atoms with Gasteiger partial charge in [-0.3, -0.25) is 0 Å². The fourth-order valence-electron chi connectivity index (χ4n) is 1.90. The highest BCUT2D eigenvalue weighted by Gasteiger charge is 2.30. The Hall–Kier alpha value is -0.540. The summed E-state index contributed by atoms with van der Waals surface area (Å²) in [5.41, 5.74) is 8.20. The van der Waals surface area contributed by atoms with E-state index < -0.39 is 0 Å². The molecule has 0 amide bonds. The van der Waals surface area contributed by atoms with Crippen molar-refractivity contribution in [2.24, 2.45) is 11.7 Å². The molecule has 1 aromatic carbocycles. The van der Waals surface area contributed by atoms with Crippen molar-refractivity contribution in [3.05, 3.63) is 28.2 Å². The number of nitrogens with one attached hydrogen (secondary N) is 1. The Balaban J connectivity index is 2.08. The maximum atomic E-state index is 5.76. The molecule has 1 saturated carbocycles. The van der Waals surface area contributed by atoms with Gasteiger partial charge in [-0.15, -0.1) is 0 Å². The Morgan fingerprint density at radius 3 is 2.73 bits per heavy atom.